The summed E-state index contributed by atoms with van der Waals surface area (Å²) in [5.74, 6) is -1.23. The minimum Gasteiger partial charge on any atom is -0.480 e. The van der Waals surface area contributed by atoms with Gasteiger partial charge in [-0.15, -0.1) is 0 Å². The quantitative estimate of drug-likeness (QED) is 0.886. The molecule has 0 aliphatic heterocycles. The molecule has 0 amide bonds. The zero-order valence-electron chi connectivity index (χ0n) is 11.4. The molecule has 0 bridgehead atoms. The lowest BCUT2D eigenvalue weighted by Crippen LogP contribution is -2.38. The smallest absolute Gasteiger partial charge is 0.321 e. The molecule has 0 radical (unpaired) electrons. The van der Waals surface area contributed by atoms with Crippen LogP contribution in [0.4, 0.5) is 0 Å². The summed E-state index contributed by atoms with van der Waals surface area (Å²) < 4.78 is 26.9. The van der Waals surface area contributed by atoms with E-state index in [0.29, 0.717) is 5.56 Å². The molecule has 1 unspecified atom stereocenters. The Morgan fingerprint density at radius 2 is 1.62 bits per heavy atom. The van der Waals surface area contributed by atoms with Crippen LogP contribution in [0, 0.1) is 0 Å². The van der Waals surface area contributed by atoms with Crippen LogP contribution in [0.15, 0.2) is 59.5 Å². The van der Waals surface area contributed by atoms with E-state index in [1.807, 2.05) is 18.2 Å². The van der Waals surface area contributed by atoms with Crippen LogP contribution >= 0.6 is 0 Å². The number of carboxylic acids is 1. The van der Waals surface area contributed by atoms with Crippen LogP contribution in [0.25, 0.3) is 11.1 Å². The molecule has 0 saturated carbocycles. The Hall–Kier alpha value is -2.18. The van der Waals surface area contributed by atoms with Gasteiger partial charge in [0.25, 0.3) is 0 Å². The van der Waals surface area contributed by atoms with Crippen molar-refractivity contribution in [3.8, 4) is 11.1 Å². The lowest BCUT2D eigenvalue weighted by atomic mass is 10.1. The Balaban J connectivity index is 2.48. The number of nitrogens with one attached hydrogen (secondary N) is 1. The minimum atomic E-state index is -3.91. The van der Waals surface area contributed by atoms with Crippen molar-refractivity contribution < 1.29 is 18.3 Å². The zero-order chi connectivity index (χ0) is 15.5. The third-order valence-corrected chi connectivity index (χ3v) is 4.56. The highest BCUT2D eigenvalue weighted by Gasteiger charge is 2.24. The van der Waals surface area contributed by atoms with E-state index in [9.17, 15) is 13.2 Å². The fourth-order valence-electron chi connectivity index (χ4n) is 1.90. The molecular weight excluding hydrogens is 290 g/mol. The first kappa shape index (κ1) is 15.2. The molecule has 5 nitrogen and oxygen atoms in total. The van der Waals surface area contributed by atoms with E-state index < -0.39 is 22.0 Å². The molecule has 0 aliphatic rings. The average molecular weight is 305 g/mol. The molecule has 21 heavy (non-hydrogen) atoms. The summed E-state index contributed by atoms with van der Waals surface area (Å²) >= 11 is 0. The van der Waals surface area contributed by atoms with Crippen molar-refractivity contribution >= 4 is 16.0 Å². The highest BCUT2D eigenvalue weighted by atomic mass is 32.2. The summed E-state index contributed by atoms with van der Waals surface area (Å²) in [7, 11) is -3.91. The van der Waals surface area contributed by atoms with Gasteiger partial charge in [0, 0.05) is 5.56 Å². The first-order valence-electron chi connectivity index (χ1n) is 6.31. The maximum absolute atomic E-state index is 12.4. The number of sulfonamides is 1. The molecule has 0 fully saturated rings. The van der Waals surface area contributed by atoms with Crippen LogP contribution in [0.1, 0.15) is 6.92 Å². The summed E-state index contributed by atoms with van der Waals surface area (Å²) in [6.07, 6.45) is 0. The number of carbonyl (C=O) groups is 1. The maximum atomic E-state index is 12.4. The second kappa shape index (κ2) is 6.07. The summed E-state index contributed by atoms with van der Waals surface area (Å²) in [5, 5.41) is 8.85. The number of carboxylic acid groups (broad SMARTS) is 1. The molecular formula is C15H15NO4S. The Labute approximate surface area is 123 Å². The van der Waals surface area contributed by atoms with Crippen LogP contribution < -0.4 is 4.72 Å². The Kier molecular flexibility index (Phi) is 4.40. The van der Waals surface area contributed by atoms with E-state index in [2.05, 4.69) is 4.72 Å². The van der Waals surface area contributed by atoms with Gasteiger partial charge in [-0.05, 0) is 18.6 Å². The molecule has 0 saturated heterocycles. The Morgan fingerprint density at radius 1 is 1.05 bits per heavy atom. The molecule has 2 rings (SSSR count). The second-order valence-corrected chi connectivity index (χ2v) is 6.23. The largest absolute Gasteiger partial charge is 0.480 e. The van der Waals surface area contributed by atoms with Crippen molar-refractivity contribution in [1.82, 2.24) is 4.72 Å². The van der Waals surface area contributed by atoms with Gasteiger partial charge in [-0.2, -0.15) is 4.72 Å². The molecule has 0 heterocycles. The fraction of sp³-hybridized carbons (Fsp3) is 0.133. The molecule has 6 heteroatoms. The lowest BCUT2D eigenvalue weighted by molar-refractivity contribution is -0.138. The predicted octanol–water partition coefficient (Wildman–Crippen LogP) is 2.10. The van der Waals surface area contributed by atoms with Crippen molar-refractivity contribution in [3.05, 3.63) is 54.6 Å². The molecule has 0 aliphatic carbocycles. The standard InChI is InChI=1S/C15H15NO4S/c1-11(15(17)18)16-21(19,20)14-10-6-5-9-13(14)12-7-3-2-4-8-12/h2-11,16H,1H3,(H,17,18). The molecule has 0 spiro atoms. The van der Waals surface area contributed by atoms with Gasteiger partial charge in [0.05, 0.1) is 4.90 Å². The van der Waals surface area contributed by atoms with Crippen molar-refractivity contribution in [1.29, 1.82) is 0 Å². The summed E-state index contributed by atoms with van der Waals surface area (Å²) in [4.78, 5) is 10.9. The lowest BCUT2D eigenvalue weighted by Gasteiger charge is -2.13. The molecule has 2 N–H and O–H groups in total. The topological polar surface area (TPSA) is 83.5 Å². The van der Waals surface area contributed by atoms with Gasteiger partial charge >= 0.3 is 5.97 Å². The monoisotopic (exact) mass is 305 g/mol. The van der Waals surface area contributed by atoms with E-state index in [1.165, 1.54) is 13.0 Å². The molecule has 0 aromatic heterocycles. The van der Waals surface area contributed by atoms with Crippen molar-refractivity contribution in [2.75, 3.05) is 0 Å². The van der Waals surface area contributed by atoms with Gasteiger partial charge in [0.2, 0.25) is 10.0 Å². The predicted molar refractivity (Wildman–Crippen MR) is 79.3 cm³/mol. The fourth-order valence-corrected chi connectivity index (χ4v) is 3.33. The van der Waals surface area contributed by atoms with Crippen molar-refractivity contribution in [2.24, 2.45) is 0 Å². The SMILES string of the molecule is CC(NS(=O)(=O)c1ccccc1-c1ccccc1)C(=O)O. The number of hydrogen-bond donors (Lipinski definition) is 2. The van der Waals surface area contributed by atoms with Gasteiger partial charge in [-0.3, -0.25) is 4.79 Å². The van der Waals surface area contributed by atoms with E-state index in [4.69, 9.17) is 5.11 Å². The minimum absolute atomic E-state index is 0.0595. The molecule has 1 atom stereocenters. The van der Waals surface area contributed by atoms with Crippen molar-refractivity contribution in [2.45, 2.75) is 17.9 Å². The van der Waals surface area contributed by atoms with Crippen LogP contribution in [0.2, 0.25) is 0 Å². The first-order valence-corrected chi connectivity index (χ1v) is 7.80. The van der Waals surface area contributed by atoms with Crippen LogP contribution in [0.5, 0.6) is 0 Å². The van der Waals surface area contributed by atoms with Gasteiger partial charge in [0.15, 0.2) is 0 Å². The maximum Gasteiger partial charge on any atom is 0.321 e. The van der Waals surface area contributed by atoms with E-state index in [0.717, 1.165) is 5.56 Å². The first-order chi connectivity index (χ1) is 9.92. The normalized spacial score (nSPS) is 12.8. The van der Waals surface area contributed by atoms with Crippen molar-refractivity contribution in [3.63, 3.8) is 0 Å². The average Bonchev–Trinajstić information content (AvgIpc) is 2.47. The summed E-state index contributed by atoms with van der Waals surface area (Å²) in [6, 6.07) is 14.4. The van der Waals surface area contributed by atoms with Gasteiger partial charge in [0.1, 0.15) is 6.04 Å². The number of benzene rings is 2. The highest BCUT2D eigenvalue weighted by molar-refractivity contribution is 7.89. The summed E-state index contributed by atoms with van der Waals surface area (Å²) in [6.45, 7) is 1.28. The molecule has 2 aromatic rings. The molecule has 2 aromatic carbocycles. The zero-order valence-corrected chi connectivity index (χ0v) is 12.2. The Bertz CT molecular complexity index is 741. The van der Waals surface area contributed by atoms with Gasteiger partial charge in [-0.1, -0.05) is 48.5 Å². The van der Waals surface area contributed by atoms with Crippen LogP contribution in [-0.4, -0.2) is 25.5 Å². The van der Waals surface area contributed by atoms with Crippen LogP contribution in [-0.2, 0) is 14.8 Å². The van der Waals surface area contributed by atoms with E-state index in [-0.39, 0.29) is 4.90 Å². The highest BCUT2D eigenvalue weighted by Crippen LogP contribution is 2.26. The van der Waals surface area contributed by atoms with Gasteiger partial charge in [-0.25, -0.2) is 8.42 Å². The number of rotatable bonds is 5. The number of hydrogen-bond acceptors (Lipinski definition) is 3. The molecule has 110 valence electrons. The second-order valence-electron chi connectivity index (χ2n) is 4.54. The van der Waals surface area contributed by atoms with E-state index in [1.54, 1.807) is 30.3 Å². The Morgan fingerprint density at radius 3 is 2.24 bits per heavy atom. The van der Waals surface area contributed by atoms with Gasteiger partial charge < -0.3 is 5.11 Å². The third-order valence-electron chi connectivity index (χ3n) is 2.96. The third kappa shape index (κ3) is 3.48. The van der Waals surface area contributed by atoms with Crippen LogP contribution in [0.3, 0.4) is 0 Å². The summed E-state index contributed by atoms with van der Waals surface area (Å²) in [5.41, 5.74) is 1.28. The number of aliphatic carboxylic acids is 1. The van der Waals surface area contributed by atoms with E-state index >= 15 is 0 Å².